The number of rotatable bonds is 9. The maximum absolute atomic E-state index is 13.5. The second kappa shape index (κ2) is 13.2. The van der Waals surface area contributed by atoms with Gasteiger partial charge in [-0.15, -0.1) is 11.8 Å². The van der Waals surface area contributed by atoms with Crippen molar-refractivity contribution >= 4 is 36.7 Å². The first-order valence-corrected chi connectivity index (χ1v) is 12.7. The Morgan fingerprint density at radius 3 is 2.66 bits per heavy atom. The topological polar surface area (TPSA) is 120 Å². The minimum atomic E-state index is -0.912. The van der Waals surface area contributed by atoms with Crippen molar-refractivity contribution in [2.75, 3.05) is 12.4 Å². The van der Waals surface area contributed by atoms with Gasteiger partial charge in [0.1, 0.15) is 11.7 Å². The molecule has 0 radical (unpaired) electrons. The largest absolute Gasteiger partial charge is 0.551 e. The monoisotopic (exact) mass is 498 g/mol. The Morgan fingerprint density at radius 1 is 1.20 bits per heavy atom. The van der Waals surface area contributed by atoms with Crippen LogP contribution in [0.1, 0.15) is 43.2 Å². The van der Waals surface area contributed by atoms with Crippen molar-refractivity contribution < 1.29 is 23.7 Å². The van der Waals surface area contributed by atoms with Crippen LogP contribution in [0.25, 0.3) is 0 Å². The van der Waals surface area contributed by atoms with Crippen LogP contribution >= 0.6 is 11.8 Å². The number of thioether (sulfide) groups is 1. The number of hydrogen-bond acceptors (Lipinski definition) is 8. The maximum atomic E-state index is 13.5. The van der Waals surface area contributed by atoms with Crippen LogP contribution in [0.3, 0.4) is 0 Å². The fourth-order valence-electron chi connectivity index (χ4n) is 3.62. The summed E-state index contributed by atoms with van der Waals surface area (Å²) in [4.78, 5) is 46.5. The lowest BCUT2D eigenvalue weighted by molar-refractivity contribution is -0.134. The van der Waals surface area contributed by atoms with Gasteiger partial charge in [0.2, 0.25) is 5.91 Å². The number of aromatic nitrogens is 2. The molecule has 1 fully saturated rings. The molecule has 1 aromatic heterocycles. The second-order valence-corrected chi connectivity index (χ2v) is 10.3. The Labute approximate surface area is 210 Å². The predicted molar refractivity (Wildman–Crippen MR) is 135 cm³/mol. The van der Waals surface area contributed by atoms with Gasteiger partial charge >= 0.3 is 7.12 Å². The molecule has 0 aliphatic carbocycles. The molecule has 2 N–H and O–H groups in total. The number of carbonyl (C=O) groups excluding carboxylic acids is 3. The summed E-state index contributed by atoms with van der Waals surface area (Å²) in [5, 5.41) is 5.88. The minimum absolute atomic E-state index is 0.112. The highest BCUT2D eigenvalue weighted by molar-refractivity contribution is 8.00. The zero-order chi connectivity index (χ0) is 25.2. The van der Waals surface area contributed by atoms with Gasteiger partial charge in [-0.3, -0.25) is 19.4 Å². The molecule has 0 saturated carbocycles. The van der Waals surface area contributed by atoms with Gasteiger partial charge in [-0.2, -0.15) is 0 Å². The van der Waals surface area contributed by atoms with Gasteiger partial charge < -0.3 is 19.9 Å². The van der Waals surface area contributed by atoms with Crippen LogP contribution in [0, 0.1) is 5.92 Å². The lowest BCUT2D eigenvalue weighted by Crippen LogP contribution is -2.57. The number of amides is 2. The third-order valence-electron chi connectivity index (χ3n) is 5.31. The second-order valence-electron chi connectivity index (χ2n) is 8.86. The van der Waals surface area contributed by atoms with Crippen LogP contribution in [0.15, 0.2) is 48.9 Å². The minimum Gasteiger partial charge on any atom is -0.508 e. The van der Waals surface area contributed by atoms with Gasteiger partial charge in [-0.1, -0.05) is 51.1 Å². The quantitative estimate of drug-likeness (QED) is 0.505. The molecule has 1 aliphatic heterocycles. The van der Waals surface area contributed by atoms with E-state index < -0.39 is 30.9 Å². The normalized spacial score (nSPS) is 18.1. The van der Waals surface area contributed by atoms with E-state index in [1.165, 1.54) is 30.4 Å². The van der Waals surface area contributed by atoms with Crippen LogP contribution in [-0.4, -0.2) is 64.5 Å². The standard InChI is InChI=1S/C24H31BN4O5S/c1-16(2)11-21(25-33-14-17(3)35-15-22(30)34-25)29-23(31)19(12-18-7-5-4-6-8-18)28-24(32)20-13-26-9-10-27-20/h4-10,13,16-17,19,21H,11-12,14-15H2,1-3H3,(H,28,32)(H,29,31)/t17-,19+,21+/m1/s1. The number of nitrogens with zero attached hydrogens (tertiary/aromatic N) is 2. The molecule has 9 nitrogen and oxygen atoms in total. The SMILES string of the molecule is CC(C)C[C@H](NC(=O)[C@H](Cc1ccccc1)NC(=O)c1cnccn1)B1OC[C@@H](C)SCC(=O)O1. The van der Waals surface area contributed by atoms with E-state index in [1.54, 1.807) is 0 Å². The highest BCUT2D eigenvalue weighted by atomic mass is 32.2. The maximum Gasteiger partial charge on any atom is 0.551 e. The molecule has 1 aliphatic rings. The van der Waals surface area contributed by atoms with Crippen molar-refractivity contribution in [3.8, 4) is 0 Å². The van der Waals surface area contributed by atoms with Gasteiger partial charge in [0.15, 0.2) is 0 Å². The zero-order valence-corrected chi connectivity index (χ0v) is 21.0. The molecule has 0 spiro atoms. The van der Waals surface area contributed by atoms with Gasteiger partial charge in [0.25, 0.3) is 11.9 Å². The number of benzene rings is 1. The average Bonchev–Trinajstić information content (AvgIpc) is 2.84. The molecular formula is C24H31BN4O5S. The highest BCUT2D eigenvalue weighted by Gasteiger charge is 2.38. The molecule has 2 amide bonds. The lowest BCUT2D eigenvalue weighted by Gasteiger charge is -2.29. The molecule has 3 rings (SSSR count). The van der Waals surface area contributed by atoms with Crippen LogP contribution in [-0.2, 0) is 25.3 Å². The number of hydrogen-bond donors (Lipinski definition) is 2. The molecule has 11 heteroatoms. The molecule has 0 unspecified atom stereocenters. The first kappa shape index (κ1) is 26.7. The van der Waals surface area contributed by atoms with E-state index in [2.05, 4.69) is 20.6 Å². The van der Waals surface area contributed by atoms with Gasteiger partial charge in [0, 0.05) is 30.7 Å². The summed E-state index contributed by atoms with van der Waals surface area (Å²) in [5.74, 6) is -1.44. The molecule has 2 heterocycles. The summed E-state index contributed by atoms with van der Waals surface area (Å²) in [6.07, 6.45) is 5.03. The molecule has 1 aromatic carbocycles. The van der Waals surface area contributed by atoms with E-state index in [1.807, 2.05) is 51.1 Å². The Balaban J connectivity index is 1.79. The number of nitrogens with one attached hydrogen (secondary N) is 2. The molecule has 35 heavy (non-hydrogen) atoms. The van der Waals surface area contributed by atoms with Crippen LogP contribution in [0.5, 0.6) is 0 Å². The predicted octanol–water partition coefficient (Wildman–Crippen LogP) is 2.07. The third-order valence-corrected chi connectivity index (χ3v) is 6.42. The van der Waals surface area contributed by atoms with E-state index in [-0.39, 0.29) is 35.0 Å². The molecule has 2 aromatic rings. The Bertz CT molecular complexity index is 982. The Hall–Kier alpha value is -2.92. The third kappa shape index (κ3) is 8.67. The Morgan fingerprint density at radius 2 is 1.97 bits per heavy atom. The van der Waals surface area contributed by atoms with Gasteiger partial charge in [-0.05, 0) is 17.9 Å². The van der Waals surface area contributed by atoms with E-state index in [4.69, 9.17) is 9.31 Å². The molecule has 3 atom stereocenters. The molecule has 1 saturated heterocycles. The summed E-state index contributed by atoms with van der Waals surface area (Å²) in [6.45, 7) is 6.40. The van der Waals surface area contributed by atoms with Gasteiger partial charge in [-0.25, -0.2) is 4.98 Å². The van der Waals surface area contributed by atoms with Gasteiger partial charge in [0.05, 0.1) is 17.9 Å². The smallest absolute Gasteiger partial charge is 0.508 e. The average molecular weight is 498 g/mol. The highest BCUT2D eigenvalue weighted by Crippen LogP contribution is 2.18. The van der Waals surface area contributed by atoms with Crippen molar-refractivity contribution in [3.63, 3.8) is 0 Å². The summed E-state index contributed by atoms with van der Waals surface area (Å²) in [5.41, 5.74) is 0.993. The van der Waals surface area contributed by atoms with Crippen LogP contribution in [0.4, 0.5) is 0 Å². The molecule has 186 valence electrons. The number of carbonyl (C=O) groups is 3. The first-order valence-electron chi connectivity index (χ1n) is 11.7. The summed E-state index contributed by atoms with van der Waals surface area (Å²) < 4.78 is 11.4. The molecular weight excluding hydrogens is 467 g/mol. The summed E-state index contributed by atoms with van der Waals surface area (Å²) in [6, 6.07) is 8.52. The summed E-state index contributed by atoms with van der Waals surface area (Å²) in [7, 11) is -0.912. The fourth-order valence-corrected chi connectivity index (χ4v) is 4.28. The van der Waals surface area contributed by atoms with Crippen LogP contribution in [0.2, 0.25) is 0 Å². The van der Waals surface area contributed by atoms with E-state index in [9.17, 15) is 14.4 Å². The van der Waals surface area contributed by atoms with Crippen LogP contribution < -0.4 is 10.6 Å². The van der Waals surface area contributed by atoms with E-state index in [0.29, 0.717) is 13.0 Å². The van der Waals surface area contributed by atoms with Crippen molar-refractivity contribution in [2.45, 2.75) is 50.8 Å². The fraction of sp³-hybridized carbons (Fsp3) is 0.458. The van der Waals surface area contributed by atoms with Crippen molar-refractivity contribution in [2.24, 2.45) is 5.92 Å². The van der Waals surface area contributed by atoms with E-state index in [0.717, 1.165) is 5.56 Å². The lowest BCUT2D eigenvalue weighted by atomic mass is 9.73. The summed E-state index contributed by atoms with van der Waals surface area (Å²) >= 11 is 1.47. The van der Waals surface area contributed by atoms with E-state index >= 15 is 0 Å². The zero-order valence-electron chi connectivity index (χ0n) is 20.2. The van der Waals surface area contributed by atoms with Crippen molar-refractivity contribution in [1.82, 2.24) is 20.6 Å². The van der Waals surface area contributed by atoms with Crippen molar-refractivity contribution in [3.05, 3.63) is 60.2 Å². The molecule has 0 bridgehead atoms. The Kier molecular flexibility index (Phi) is 10.1. The van der Waals surface area contributed by atoms with Crippen molar-refractivity contribution in [1.29, 1.82) is 0 Å². The first-order chi connectivity index (χ1) is 16.8.